The molecule has 0 aliphatic carbocycles. The zero-order chi connectivity index (χ0) is 39.7. The van der Waals surface area contributed by atoms with E-state index in [4.69, 9.17) is 19.4 Å². The molecule has 6 nitrogen and oxygen atoms in total. The van der Waals surface area contributed by atoms with Gasteiger partial charge in [-0.05, 0) is 53.3 Å². The lowest BCUT2D eigenvalue weighted by Gasteiger charge is -2.59. The minimum Gasteiger partial charge on any atom is -1.00 e. The number of aromatic nitrogens is 2. The van der Waals surface area contributed by atoms with Gasteiger partial charge in [0.15, 0.2) is 0 Å². The fourth-order valence-electron chi connectivity index (χ4n) is 12.2. The largest absolute Gasteiger partial charge is 1.00 e. The van der Waals surface area contributed by atoms with Gasteiger partial charge in [0.2, 0.25) is 0 Å². The second-order valence-electron chi connectivity index (χ2n) is 17.8. The molecule has 10 atom stereocenters. The molecule has 11 rings (SSSR count). The molecule has 3 aromatic carbocycles. The van der Waals surface area contributed by atoms with E-state index in [1.807, 2.05) is 24.5 Å². The number of quaternary nitrogens is 2. The van der Waals surface area contributed by atoms with Crippen LogP contribution in [0.15, 0.2) is 148 Å². The van der Waals surface area contributed by atoms with E-state index in [0.29, 0.717) is 49.0 Å². The van der Waals surface area contributed by atoms with E-state index < -0.39 is 0 Å². The SMILES string of the molecule is C=CCO[C@H](c1ccnc2ccccc12)[C@@H]1C[C@H]2CC[N+]1(Cc1cccc(C[N+]34CC[C@@H](C[C@H]3[C@H](OCC=C)c3ccnc5ccccc35)[C@@H](C=C)C4)c1)C[C@@H]2C=C.[Br-].[Br-]. The van der Waals surface area contributed by atoms with Crippen molar-refractivity contribution in [3.05, 3.63) is 170 Å². The lowest BCUT2D eigenvalue weighted by Crippen LogP contribution is -3.00. The van der Waals surface area contributed by atoms with Crippen molar-refractivity contribution in [3.8, 4) is 0 Å². The molecule has 2 aromatic heterocycles. The quantitative estimate of drug-likeness (QED) is 0.108. The van der Waals surface area contributed by atoms with Crippen LogP contribution in [-0.2, 0) is 22.6 Å². The molecule has 0 N–H and O–H groups in total. The molecule has 0 amide bonds. The Balaban J connectivity index is 0.00000272. The molecule has 60 heavy (non-hydrogen) atoms. The highest BCUT2D eigenvalue weighted by Crippen LogP contribution is 2.51. The summed E-state index contributed by atoms with van der Waals surface area (Å²) < 4.78 is 15.8. The normalized spacial score (nSPS) is 28.9. The Morgan fingerprint density at radius 2 is 1.05 bits per heavy atom. The van der Waals surface area contributed by atoms with Crippen LogP contribution in [0.3, 0.4) is 0 Å². The topological polar surface area (TPSA) is 44.2 Å². The number of rotatable bonds is 16. The van der Waals surface area contributed by atoms with Crippen molar-refractivity contribution >= 4 is 21.8 Å². The van der Waals surface area contributed by atoms with Gasteiger partial charge in [-0.2, -0.15) is 0 Å². The molecule has 2 unspecified atom stereocenters. The zero-order valence-electron chi connectivity index (χ0n) is 34.8. The van der Waals surface area contributed by atoms with Gasteiger partial charge in [0.25, 0.3) is 0 Å². The molecular weight excluding hydrogens is 872 g/mol. The molecule has 4 bridgehead atoms. The number of hydrogen-bond donors (Lipinski definition) is 0. The van der Waals surface area contributed by atoms with Gasteiger partial charge in [-0.15, -0.1) is 26.3 Å². The minimum absolute atomic E-state index is 0. The van der Waals surface area contributed by atoms with Gasteiger partial charge in [0, 0.05) is 71.8 Å². The molecule has 6 aliphatic rings. The standard InChI is InChI=1S/C52H60N4O2.2BrH/c1-5-28-57-51(45-20-24-53-47-18-11-9-16-43(45)47)49-31-41-22-26-55(49,35-39(41)7-3)33-37-14-13-15-38(30-37)34-56-27-23-42(40(8-4)36-56)32-50(56)52(58-29-6-2)46-21-25-54-48-19-12-10-17-44(46)48;;/h5-21,24-25,30,39-42,49-52H,1-4,22-23,26-29,31-36H2;2*1H/q+2;;/p-2/t39-,40-,41-,42+,49-,50-,51+,52+,55?,56?;;/m0../s1. The third-order valence-electron chi connectivity index (χ3n) is 14.8. The summed E-state index contributed by atoms with van der Waals surface area (Å²) in [7, 11) is 0. The fraction of sp³-hybridized carbons (Fsp3) is 0.385. The Hall–Kier alpha value is -3.76. The Morgan fingerprint density at radius 1 is 0.600 bits per heavy atom. The van der Waals surface area contributed by atoms with Crippen molar-refractivity contribution in [1.29, 1.82) is 0 Å². The summed E-state index contributed by atoms with van der Waals surface area (Å²) in [5, 5.41) is 2.37. The van der Waals surface area contributed by atoms with E-state index >= 15 is 0 Å². The van der Waals surface area contributed by atoms with Crippen molar-refractivity contribution in [1.82, 2.24) is 9.97 Å². The average molecular weight is 933 g/mol. The van der Waals surface area contributed by atoms with Crippen molar-refractivity contribution < 1.29 is 52.4 Å². The molecule has 5 aromatic rings. The highest BCUT2D eigenvalue weighted by Gasteiger charge is 2.56. The van der Waals surface area contributed by atoms with Crippen LogP contribution in [-0.4, -0.2) is 70.4 Å². The fourth-order valence-corrected chi connectivity index (χ4v) is 12.2. The van der Waals surface area contributed by atoms with Crippen LogP contribution in [0.1, 0.15) is 60.1 Å². The number of piperidine rings is 6. The number of pyridine rings is 2. The number of benzene rings is 3. The average Bonchev–Trinajstić information content (AvgIpc) is 3.27. The molecule has 314 valence electrons. The van der Waals surface area contributed by atoms with E-state index in [9.17, 15) is 0 Å². The number of para-hydroxylation sites is 2. The molecule has 6 fully saturated rings. The van der Waals surface area contributed by atoms with Gasteiger partial charge in [-0.3, -0.25) is 9.97 Å². The smallest absolute Gasteiger partial charge is 0.135 e. The Bertz CT molecular complexity index is 2150. The molecule has 0 radical (unpaired) electrons. The van der Waals surface area contributed by atoms with Crippen molar-refractivity contribution in [2.24, 2.45) is 23.7 Å². The minimum atomic E-state index is -0.0658. The van der Waals surface area contributed by atoms with E-state index in [0.717, 1.165) is 72.1 Å². The van der Waals surface area contributed by atoms with E-state index in [1.54, 1.807) is 0 Å². The molecule has 6 saturated heterocycles. The monoisotopic (exact) mass is 930 g/mol. The number of nitrogens with zero attached hydrogens (tertiary/aromatic N) is 4. The number of halogens is 2. The van der Waals surface area contributed by atoms with Crippen LogP contribution >= 0.6 is 0 Å². The van der Waals surface area contributed by atoms with Gasteiger partial charge < -0.3 is 52.4 Å². The Labute approximate surface area is 378 Å². The summed E-state index contributed by atoms with van der Waals surface area (Å²) in [6.45, 7) is 24.3. The Morgan fingerprint density at radius 3 is 1.48 bits per heavy atom. The van der Waals surface area contributed by atoms with Gasteiger partial charge in [0.1, 0.15) is 37.4 Å². The van der Waals surface area contributed by atoms with Crippen LogP contribution < -0.4 is 34.0 Å². The zero-order valence-corrected chi connectivity index (χ0v) is 38.0. The van der Waals surface area contributed by atoms with Crippen LogP contribution in [0.4, 0.5) is 0 Å². The lowest BCUT2D eigenvalue weighted by atomic mass is 9.70. The van der Waals surface area contributed by atoms with Crippen molar-refractivity contribution in [2.45, 2.75) is 63.1 Å². The summed E-state index contributed by atoms with van der Waals surface area (Å²) >= 11 is 0. The van der Waals surface area contributed by atoms with E-state index in [1.165, 1.54) is 45.9 Å². The Kier molecular flexibility index (Phi) is 14.1. The van der Waals surface area contributed by atoms with Crippen LogP contribution in [0.25, 0.3) is 21.8 Å². The maximum Gasteiger partial charge on any atom is 0.135 e. The number of fused-ring (bicyclic) bond motifs is 8. The molecule has 6 aliphatic heterocycles. The molecule has 0 spiro atoms. The lowest BCUT2D eigenvalue weighted by molar-refractivity contribution is -0.985. The van der Waals surface area contributed by atoms with E-state index in [2.05, 4.69) is 123 Å². The predicted molar refractivity (Wildman–Crippen MR) is 236 cm³/mol. The van der Waals surface area contributed by atoms with Gasteiger partial charge >= 0.3 is 0 Å². The number of hydrogen-bond acceptors (Lipinski definition) is 4. The second kappa shape index (κ2) is 19.1. The van der Waals surface area contributed by atoms with E-state index in [-0.39, 0.29) is 46.2 Å². The third-order valence-corrected chi connectivity index (χ3v) is 14.8. The van der Waals surface area contributed by atoms with Crippen LogP contribution in [0.2, 0.25) is 0 Å². The first-order valence-corrected chi connectivity index (χ1v) is 21.6. The van der Waals surface area contributed by atoms with Gasteiger partial charge in [-0.1, -0.05) is 78.9 Å². The third kappa shape index (κ3) is 8.28. The highest BCUT2D eigenvalue weighted by molar-refractivity contribution is 5.83. The summed E-state index contributed by atoms with van der Waals surface area (Å²) in [5.41, 5.74) is 7.35. The molecular formula is C52H60Br2N4O2. The predicted octanol–water partition coefficient (Wildman–Crippen LogP) is 4.50. The second-order valence-corrected chi connectivity index (χ2v) is 17.8. The maximum absolute atomic E-state index is 6.89. The van der Waals surface area contributed by atoms with Crippen molar-refractivity contribution in [2.75, 3.05) is 39.4 Å². The van der Waals surface area contributed by atoms with Gasteiger partial charge in [-0.25, -0.2) is 0 Å². The number of ether oxygens (including phenoxy) is 2. The first kappa shape index (κ1) is 44.3. The van der Waals surface area contributed by atoms with Crippen molar-refractivity contribution in [3.63, 3.8) is 0 Å². The highest BCUT2D eigenvalue weighted by atomic mass is 79.9. The van der Waals surface area contributed by atoms with Crippen LogP contribution in [0, 0.1) is 23.7 Å². The maximum atomic E-state index is 6.89. The summed E-state index contributed by atoms with van der Waals surface area (Å²) in [4.78, 5) is 9.47. The molecule has 0 saturated carbocycles. The summed E-state index contributed by atoms with van der Waals surface area (Å²) in [6.07, 6.45) is 16.8. The molecule has 8 heteroatoms. The molecule has 8 heterocycles. The van der Waals surface area contributed by atoms with Gasteiger partial charge in [0.05, 0.1) is 50.4 Å². The first-order chi connectivity index (χ1) is 28.5. The summed E-state index contributed by atoms with van der Waals surface area (Å²) in [5.74, 6) is 2.25. The van der Waals surface area contributed by atoms with Crippen LogP contribution in [0.5, 0.6) is 0 Å². The first-order valence-electron chi connectivity index (χ1n) is 21.6. The summed E-state index contributed by atoms with van der Waals surface area (Å²) in [6, 6.07) is 31.7.